The molecule has 1 aliphatic rings. The van der Waals surface area contributed by atoms with Gasteiger partial charge in [0.15, 0.2) is 11.6 Å². The maximum Gasteiger partial charge on any atom is 0.168 e. The van der Waals surface area contributed by atoms with Gasteiger partial charge in [0.25, 0.3) is 0 Å². The highest BCUT2D eigenvalue weighted by molar-refractivity contribution is 5.35. The Labute approximate surface area is 124 Å². The molecule has 0 amide bonds. The van der Waals surface area contributed by atoms with E-state index in [-0.39, 0.29) is 17.8 Å². The number of rotatable bonds is 3. The Kier molecular flexibility index (Phi) is 3.93. The fourth-order valence-corrected chi connectivity index (χ4v) is 3.24. The third kappa shape index (κ3) is 2.66. The second-order valence-corrected chi connectivity index (χ2v) is 5.66. The quantitative estimate of drug-likeness (QED) is 0.934. The van der Waals surface area contributed by atoms with Crippen LogP contribution in [0.3, 0.4) is 0 Å². The molecule has 110 valence electrons. The molecule has 1 aliphatic carbocycles. The van der Waals surface area contributed by atoms with Crippen LogP contribution in [0.15, 0.2) is 42.5 Å². The predicted molar refractivity (Wildman–Crippen MR) is 81.8 cm³/mol. The van der Waals surface area contributed by atoms with E-state index in [1.165, 1.54) is 18.2 Å². The van der Waals surface area contributed by atoms with E-state index in [0.29, 0.717) is 17.7 Å². The van der Waals surface area contributed by atoms with Crippen molar-refractivity contribution in [3.63, 3.8) is 0 Å². The molecular weight excluding hydrogens is 265 g/mol. The van der Waals surface area contributed by atoms with Gasteiger partial charge in [0, 0.05) is 6.04 Å². The fraction of sp³-hybridized carbons (Fsp3) is 0.333. The molecule has 0 spiro atoms. The van der Waals surface area contributed by atoms with Gasteiger partial charge in [-0.2, -0.15) is 0 Å². The number of methoxy groups -OCH3 is 1. The summed E-state index contributed by atoms with van der Waals surface area (Å²) in [5, 5.41) is 0. The van der Waals surface area contributed by atoms with Crippen molar-refractivity contribution in [1.82, 2.24) is 0 Å². The number of aryl methyl sites for hydroxylation is 1. The summed E-state index contributed by atoms with van der Waals surface area (Å²) >= 11 is 0. The molecule has 0 saturated carbocycles. The monoisotopic (exact) mass is 285 g/mol. The molecule has 0 aromatic heterocycles. The van der Waals surface area contributed by atoms with Crippen LogP contribution in [0.1, 0.15) is 29.2 Å². The van der Waals surface area contributed by atoms with Crippen LogP contribution in [0.2, 0.25) is 0 Å². The van der Waals surface area contributed by atoms with E-state index in [1.54, 1.807) is 6.07 Å². The largest absolute Gasteiger partial charge is 0.494 e. The van der Waals surface area contributed by atoms with Gasteiger partial charge in [0.05, 0.1) is 7.11 Å². The second kappa shape index (κ2) is 5.86. The molecule has 2 aromatic rings. The summed E-state index contributed by atoms with van der Waals surface area (Å²) in [6, 6.07) is 13.6. The molecule has 2 unspecified atom stereocenters. The third-order valence-electron chi connectivity index (χ3n) is 4.45. The molecule has 3 rings (SSSR count). The molecule has 2 atom stereocenters. The molecule has 0 bridgehead atoms. The van der Waals surface area contributed by atoms with Crippen molar-refractivity contribution < 1.29 is 9.13 Å². The summed E-state index contributed by atoms with van der Waals surface area (Å²) in [6.45, 7) is 0. The van der Waals surface area contributed by atoms with Crippen LogP contribution in [0.25, 0.3) is 0 Å². The maximum atomic E-state index is 14.3. The van der Waals surface area contributed by atoms with Crippen LogP contribution in [0.5, 0.6) is 5.75 Å². The van der Waals surface area contributed by atoms with Crippen molar-refractivity contribution >= 4 is 0 Å². The normalized spacial score (nSPS) is 20.9. The highest BCUT2D eigenvalue weighted by Crippen LogP contribution is 2.35. The first-order valence-electron chi connectivity index (χ1n) is 7.35. The predicted octanol–water partition coefficient (Wildman–Crippen LogP) is 3.64. The number of ether oxygens (including phenoxy) is 1. The van der Waals surface area contributed by atoms with Gasteiger partial charge in [0.2, 0.25) is 0 Å². The molecular formula is C18H20FNO. The van der Waals surface area contributed by atoms with E-state index in [2.05, 4.69) is 12.1 Å². The Morgan fingerprint density at radius 2 is 2.00 bits per heavy atom. The van der Waals surface area contributed by atoms with Gasteiger partial charge < -0.3 is 10.5 Å². The lowest BCUT2D eigenvalue weighted by atomic mass is 9.77. The lowest BCUT2D eigenvalue weighted by Gasteiger charge is -2.31. The van der Waals surface area contributed by atoms with E-state index in [0.717, 1.165) is 12.8 Å². The van der Waals surface area contributed by atoms with E-state index in [4.69, 9.17) is 10.5 Å². The van der Waals surface area contributed by atoms with Crippen molar-refractivity contribution in [2.75, 3.05) is 7.11 Å². The van der Waals surface area contributed by atoms with Crippen LogP contribution in [-0.4, -0.2) is 7.11 Å². The van der Waals surface area contributed by atoms with Crippen molar-refractivity contribution in [3.05, 3.63) is 65.0 Å². The lowest BCUT2D eigenvalue weighted by Crippen LogP contribution is -2.29. The molecule has 2 aromatic carbocycles. The van der Waals surface area contributed by atoms with Gasteiger partial charge in [-0.1, -0.05) is 36.4 Å². The summed E-state index contributed by atoms with van der Waals surface area (Å²) in [5.74, 6) is 0.310. The minimum absolute atomic E-state index is 0.0273. The highest BCUT2D eigenvalue weighted by Gasteiger charge is 2.27. The second-order valence-electron chi connectivity index (χ2n) is 5.66. The van der Waals surface area contributed by atoms with Crippen LogP contribution in [-0.2, 0) is 12.8 Å². The fourth-order valence-electron chi connectivity index (χ4n) is 3.24. The topological polar surface area (TPSA) is 35.2 Å². The SMILES string of the molecule is COc1cccc(CC2CCc3ccccc3C2N)c1F. The van der Waals surface area contributed by atoms with Crippen LogP contribution in [0, 0.1) is 11.7 Å². The van der Waals surface area contributed by atoms with Crippen molar-refractivity contribution in [3.8, 4) is 5.75 Å². The molecule has 0 aliphatic heterocycles. The van der Waals surface area contributed by atoms with E-state index >= 15 is 0 Å². The molecule has 2 N–H and O–H groups in total. The minimum atomic E-state index is -0.258. The van der Waals surface area contributed by atoms with Gasteiger partial charge in [-0.3, -0.25) is 0 Å². The zero-order chi connectivity index (χ0) is 14.8. The molecule has 0 saturated heterocycles. The summed E-state index contributed by atoms with van der Waals surface area (Å²) in [5.41, 5.74) is 9.63. The van der Waals surface area contributed by atoms with Crippen LogP contribution < -0.4 is 10.5 Å². The molecule has 21 heavy (non-hydrogen) atoms. The van der Waals surface area contributed by atoms with Gasteiger partial charge in [-0.05, 0) is 47.9 Å². The Bertz CT molecular complexity index is 641. The van der Waals surface area contributed by atoms with Gasteiger partial charge in [-0.25, -0.2) is 4.39 Å². The van der Waals surface area contributed by atoms with E-state index < -0.39 is 0 Å². The first-order valence-corrected chi connectivity index (χ1v) is 7.35. The summed E-state index contributed by atoms with van der Waals surface area (Å²) < 4.78 is 19.3. The first-order chi connectivity index (χ1) is 10.2. The standard InChI is InChI=1S/C18H20FNO/c1-21-16-8-4-6-13(17(16)19)11-14-10-9-12-5-2-3-7-15(12)18(14)20/h2-8,14,18H,9-11,20H2,1H3. The maximum absolute atomic E-state index is 14.3. The first kappa shape index (κ1) is 14.1. The number of fused-ring (bicyclic) bond motifs is 1. The van der Waals surface area contributed by atoms with Crippen molar-refractivity contribution in [1.29, 1.82) is 0 Å². The number of nitrogens with two attached hydrogens (primary N) is 1. The summed E-state index contributed by atoms with van der Waals surface area (Å²) in [4.78, 5) is 0. The minimum Gasteiger partial charge on any atom is -0.494 e. The number of hydrogen-bond acceptors (Lipinski definition) is 2. The summed E-state index contributed by atoms with van der Waals surface area (Å²) in [6.07, 6.45) is 2.66. The Balaban J connectivity index is 1.84. The average molecular weight is 285 g/mol. The molecule has 0 heterocycles. The zero-order valence-electron chi connectivity index (χ0n) is 12.2. The van der Waals surface area contributed by atoms with Gasteiger partial charge >= 0.3 is 0 Å². The van der Waals surface area contributed by atoms with E-state index in [9.17, 15) is 4.39 Å². The molecule has 2 nitrogen and oxygen atoms in total. The Hall–Kier alpha value is -1.87. The lowest BCUT2D eigenvalue weighted by molar-refractivity contribution is 0.359. The average Bonchev–Trinajstić information content (AvgIpc) is 2.52. The smallest absolute Gasteiger partial charge is 0.168 e. The number of hydrogen-bond donors (Lipinski definition) is 1. The molecule has 0 fully saturated rings. The van der Waals surface area contributed by atoms with Gasteiger partial charge in [0.1, 0.15) is 0 Å². The third-order valence-corrected chi connectivity index (χ3v) is 4.45. The Morgan fingerprint density at radius 3 is 2.81 bits per heavy atom. The molecule has 3 heteroatoms. The van der Waals surface area contributed by atoms with Crippen molar-refractivity contribution in [2.24, 2.45) is 11.7 Å². The van der Waals surface area contributed by atoms with Crippen LogP contribution in [0.4, 0.5) is 4.39 Å². The Morgan fingerprint density at radius 1 is 1.19 bits per heavy atom. The van der Waals surface area contributed by atoms with Crippen molar-refractivity contribution in [2.45, 2.75) is 25.3 Å². The highest BCUT2D eigenvalue weighted by atomic mass is 19.1. The van der Waals surface area contributed by atoms with E-state index in [1.807, 2.05) is 24.3 Å². The number of benzene rings is 2. The zero-order valence-corrected chi connectivity index (χ0v) is 12.2. The molecule has 0 radical (unpaired) electrons. The van der Waals surface area contributed by atoms with Crippen LogP contribution >= 0.6 is 0 Å². The van der Waals surface area contributed by atoms with Gasteiger partial charge in [-0.15, -0.1) is 0 Å². The number of halogens is 1. The summed E-state index contributed by atoms with van der Waals surface area (Å²) in [7, 11) is 1.49.